The van der Waals surface area contributed by atoms with E-state index < -0.39 is 0 Å². The zero-order valence-corrected chi connectivity index (χ0v) is 13.7. The third kappa shape index (κ3) is 4.50. The van der Waals surface area contributed by atoms with Crippen LogP contribution in [0.4, 0.5) is 0 Å². The fourth-order valence-corrected chi connectivity index (χ4v) is 3.50. The maximum Gasteiger partial charge on any atom is 0.220 e. The Morgan fingerprint density at radius 1 is 1.11 bits per heavy atom. The highest BCUT2D eigenvalue weighted by molar-refractivity contribution is 5.76. The molecule has 0 radical (unpaired) electrons. The first-order valence-corrected chi connectivity index (χ1v) is 8.13. The highest BCUT2D eigenvalue weighted by Crippen LogP contribution is 2.37. The smallest absolute Gasteiger partial charge is 0.220 e. The van der Waals surface area contributed by atoms with E-state index in [1.165, 1.54) is 12.8 Å². The molecule has 1 N–H and O–H groups in total. The molecule has 1 heterocycles. The van der Waals surface area contributed by atoms with Gasteiger partial charge in [-0.15, -0.1) is 0 Å². The summed E-state index contributed by atoms with van der Waals surface area (Å²) < 4.78 is 0. The Bertz CT molecular complexity index is 285. The summed E-state index contributed by atoms with van der Waals surface area (Å²) in [5.74, 6) is 4.17. The molecular weight excluding hydrogens is 234 g/mol. The van der Waals surface area contributed by atoms with Gasteiger partial charge in [0.05, 0.1) is 0 Å². The lowest BCUT2D eigenvalue weighted by atomic mass is 9.69. The van der Waals surface area contributed by atoms with Gasteiger partial charge in [-0.3, -0.25) is 4.79 Å². The summed E-state index contributed by atoms with van der Waals surface area (Å²) >= 11 is 0. The van der Waals surface area contributed by atoms with Gasteiger partial charge >= 0.3 is 0 Å². The first-order chi connectivity index (χ1) is 8.86. The minimum Gasteiger partial charge on any atom is -0.356 e. The third-order valence-electron chi connectivity index (χ3n) is 5.28. The molecule has 0 bridgehead atoms. The lowest BCUT2D eigenvalue weighted by Gasteiger charge is -2.39. The van der Waals surface area contributed by atoms with E-state index in [4.69, 9.17) is 0 Å². The Balaban J connectivity index is 2.92. The molecule has 1 saturated heterocycles. The highest BCUT2D eigenvalue weighted by atomic mass is 16.1. The van der Waals surface area contributed by atoms with Gasteiger partial charge in [0.25, 0.3) is 0 Å². The van der Waals surface area contributed by atoms with Gasteiger partial charge in [0.15, 0.2) is 0 Å². The van der Waals surface area contributed by atoms with Gasteiger partial charge in [-0.1, -0.05) is 48.0 Å². The van der Waals surface area contributed by atoms with Gasteiger partial charge in [-0.25, -0.2) is 0 Å². The normalized spacial score (nSPS) is 30.9. The van der Waals surface area contributed by atoms with E-state index in [1.807, 2.05) is 0 Å². The van der Waals surface area contributed by atoms with Gasteiger partial charge in [0, 0.05) is 13.0 Å². The zero-order chi connectivity index (χ0) is 14.6. The SMILES string of the molecule is CCC(C)C1CNC(=O)CC(C(C)C)CC1C(C)C. The summed E-state index contributed by atoms with van der Waals surface area (Å²) in [5.41, 5.74) is 0. The van der Waals surface area contributed by atoms with Crippen LogP contribution in [-0.4, -0.2) is 12.5 Å². The second-order valence-corrected chi connectivity index (χ2v) is 7.21. The van der Waals surface area contributed by atoms with Crippen LogP contribution in [0.25, 0.3) is 0 Å². The number of amides is 1. The van der Waals surface area contributed by atoms with Crippen molar-refractivity contribution in [2.24, 2.45) is 35.5 Å². The van der Waals surface area contributed by atoms with Crippen LogP contribution in [0.5, 0.6) is 0 Å². The molecule has 4 atom stereocenters. The number of hydrogen-bond acceptors (Lipinski definition) is 1. The van der Waals surface area contributed by atoms with Crippen LogP contribution in [0.1, 0.15) is 60.8 Å². The molecule has 0 saturated carbocycles. The molecule has 0 aromatic carbocycles. The zero-order valence-electron chi connectivity index (χ0n) is 13.7. The van der Waals surface area contributed by atoms with Crippen LogP contribution in [0.2, 0.25) is 0 Å². The number of carbonyl (C=O) groups is 1. The molecule has 112 valence electrons. The van der Waals surface area contributed by atoms with E-state index in [0.717, 1.165) is 12.5 Å². The highest BCUT2D eigenvalue weighted by Gasteiger charge is 2.34. The molecule has 0 aromatic heterocycles. The molecule has 19 heavy (non-hydrogen) atoms. The van der Waals surface area contributed by atoms with Crippen molar-refractivity contribution >= 4 is 5.91 Å². The fraction of sp³-hybridized carbons (Fsp3) is 0.941. The molecule has 2 nitrogen and oxygen atoms in total. The first-order valence-electron chi connectivity index (χ1n) is 8.13. The van der Waals surface area contributed by atoms with Gasteiger partial charge in [-0.2, -0.15) is 0 Å². The molecule has 1 fully saturated rings. The summed E-state index contributed by atoms with van der Waals surface area (Å²) in [5, 5.41) is 3.18. The standard InChI is InChI=1S/C17H33NO/c1-7-13(6)16-10-18-17(19)9-14(11(2)3)8-15(16)12(4)5/h11-16H,7-10H2,1-6H3,(H,18,19). The molecule has 0 aliphatic carbocycles. The molecule has 0 spiro atoms. The van der Waals surface area contributed by atoms with Crippen molar-refractivity contribution in [1.29, 1.82) is 0 Å². The lowest BCUT2D eigenvalue weighted by Crippen LogP contribution is -2.42. The van der Waals surface area contributed by atoms with Crippen molar-refractivity contribution in [2.75, 3.05) is 6.54 Å². The summed E-state index contributed by atoms with van der Waals surface area (Å²) in [6.45, 7) is 14.7. The predicted octanol–water partition coefficient (Wildman–Crippen LogP) is 4.10. The van der Waals surface area contributed by atoms with Crippen molar-refractivity contribution in [2.45, 2.75) is 60.8 Å². The van der Waals surface area contributed by atoms with Crippen molar-refractivity contribution in [1.82, 2.24) is 5.32 Å². The summed E-state index contributed by atoms with van der Waals surface area (Å²) in [6.07, 6.45) is 3.14. The second-order valence-electron chi connectivity index (χ2n) is 7.21. The Morgan fingerprint density at radius 3 is 2.21 bits per heavy atom. The largest absolute Gasteiger partial charge is 0.356 e. The van der Waals surface area contributed by atoms with Crippen molar-refractivity contribution < 1.29 is 4.79 Å². The average molecular weight is 267 g/mol. The van der Waals surface area contributed by atoms with Crippen molar-refractivity contribution in [3.05, 3.63) is 0 Å². The second kappa shape index (κ2) is 7.31. The molecule has 1 aliphatic heterocycles. The number of rotatable bonds is 4. The number of nitrogens with one attached hydrogen (secondary N) is 1. The first kappa shape index (κ1) is 16.5. The van der Waals surface area contributed by atoms with E-state index in [-0.39, 0.29) is 5.91 Å². The molecule has 1 rings (SSSR count). The molecule has 4 unspecified atom stereocenters. The maximum atomic E-state index is 12.0. The van der Waals surface area contributed by atoms with Crippen molar-refractivity contribution in [3.8, 4) is 0 Å². The van der Waals surface area contributed by atoms with E-state index in [1.54, 1.807) is 0 Å². The number of carbonyl (C=O) groups excluding carboxylic acids is 1. The molecule has 1 aliphatic rings. The van der Waals surface area contributed by atoms with Gasteiger partial charge in [0.1, 0.15) is 0 Å². The van der Waals surface area contributed by atoms with Crippen LogP contribution in [0.15, 0.2) is 0 Å². The van der Waals surface area contributed by atoms with Crippen LogP contribution in [0, 0.1) is 35.5 Å². The quantitative estimate of drug-likeness (QED) is 0.816. The maximum absolute atomic E-state index is 12.0. The van der Waals surface area contributed by atoms with E-state index >= 15 is 0 Å². The van der Waals surface area contributed by atoms with Gasteiger partial charge < -0.3 is 5.32 Å². The van der Waals surface area contributed by atoms with E-state index in [2.05, 4.69) is 46.9 Å². The van der Waals surface area contributed by atoms with E-state index in [9.17, 15) is 4.79 Å². The molecule has 2 heteroatoms. The average Bonchev–Trinajstić information content (AvgIpc) is 2.32. The minimum atomic E-state index is 0.259. The lowest BCUT2D eigenvalue weighted by molar-refractivity contribution is -0.124. The molecular formula is C17H33NO. The Labute approximate surface area is 119 Å². The topological polar surface area (TPSA) is 29.1 Å². The van der Waals surface area contributed by atoms with Gasteiger partial charge in [0.2, 0.25) is 5.91 Å². The number of hydrogen-bond donors (Lipinski definition) is 1. The van der Waals surface area contributed by atoms with Crippen molar-refractivity contribution in [3.63, 3.8) is 0 Å². The molecule has 1 amide bonds. The van der Waals surface area contributed by atoms with Crippen LogP contribution < -0.4 is 5.32 Å². The third-order valence-corrected chi connectivity index (χ3v) is 5.28. The summed E-state index contributed by atoms with van der Waals surface area (Å²) in [7, 11) is 0. The Kier molecular flexibility index (Phi) is 6.35. The predicted molar refractivity (Wildman–Crippen MR) is 81.8 cm³/mol. The summed E-state index contributed by atoms with van der Waals surface area (Å²) in [4.78, 5) is 12.0. The molecule has 0 aromatic rings. The Morgan fingerprint density at radius 2 is 1.74 bits per heavy atom. The van der Waals surface area contributed by atoms with Crippen LogP contribution >= 0.6 is 0 Å². The van der Waals surface area contributed by atoms with Gasteiger partial charge in [-0.05, 0) is 41.9 Å². The summed E-state index contributed by atoms with van der Waals surface area (Å²) in [6, 6.07) is 0. The van der Waals surface area contributed by atoms with E-state index in [0.29, 0.717) is 36.0 Å². The Hall–Kier alpha value is -0.530. The fourth-order valence-electron chi connectivity index (χ4n) is 3.50. The minimum absolute atomic E-state index is 0.259. The van der Waals surface area contributed by atoms with Crippen LogP contribution in [-0.2, 0) is 4.79 Å². The monoisotopic (exact) mass is 267 g/mol. The van der Waals surface area contributed by atoms with Crippen LogP contribution in [0.3, 0.4) is 0 Å².